The van der Waals surface area contributed by atoms with Crippen molar-refractivity contribution in [2.45, 2.75) is 136 Å². The van der Waals surface area contributed by atoms with E-state index in [1.165, 1.54) is 70.6 Å². The maximum Gasteiger partial charge on any atom is 0.303 e. The van der Waals surface area contributed by atoms with Gasteiger partial charge in [0.15, 0.2) is 0 Å². The zero-order valence-corrected chi connectivity index (χ0v) is 18.3. The highest BCUT2D eigenvalue weighted by Gasteiger charge is 2.30. The lowest BCUT2D eigenvalue weighted by Crippen LogP contribution is -2.52. The Morgan fingerprint density at radius 2 is 1.00 bits per heavy atom. The molecule has 0 bridgehead atoms. The Kier molecular flexibility index (Phi) is 17.6. The number of aliphatic carboxylic acids is 1. The molecule has 26 heavy (non-hydrogen) atoms. The largest absolute Gasteiger partial charge is 0.481 e. The minimum atomic E-state index is -0.785. The molecule has 0 aromatic carbocycles. The van der Waals surface area contributed by atoms with Crippen molar-refractivity contribution < 1.29 is 15.0 Å². The Bertz CT molecular complexity index is 304. The van der Waals surface area contributed by atoms with Gasteiger partial charge in [-0.15, -0.1) is 0 Å². The number of rotatable bonds is 15. The average Bonchev–Trinajstić information content (AvgIpc) is 2.50. The molecule has 0 aromatic rings. The second kappa shape index (κ2) is 16.6. The number of hydrogen-bond donors (Lipinski definition) is 3. The zero-order valence-electron chi connectivity index (χ0n) is 18.3. The minimum absolute atomic E-state index is 0.345. The molecule has 158 valence electrons. The monoisotopic (exact) mass is 373 g/mol. The first-order valence-corrected chi connectivity index (χ1v) is 10.8. The van der Waals surface area contributed by atoms with Crippen molar-refractivity contribution in [3.8, 4) is 0 Å². The molecule has 0 atom stereocenters. The molecule has 0 heterocycles. The van der Waals surface area contributed by atoms with Crippen LogP contribution in [0.25, 0.3) is 0 Å². The molecule has 0 amide bonds. The van der Waals surface area contributed by atoms with Crippen molar-refractivity contribution in [2.24, 2.45) is 5.73 Å². The number of nitrogens with two attached hydrogens (primary N) is 1. The van der Waals surface area contributed by atoms with Crippen molar-refractivity contribution in [1.82, 2.24) is 0 Å². The number of hydrogen-bond acceptors (Lipinski definition) is 3. The van der Waals surface area contributed by atoms with Crippen LogP contribution in [0, 0.1) is 0 Å². The molecule has 0 saturated carbocycles. The molecule has 4 heteroatoms. The average molecular weight is 374 g/mol. The minimum Gasteiger partial charge on any atom is -0.481 e. The molecule has 0 fully saturated rings. The van der Waals surface area contributed by atoms with Crippen LogP contribution in [-0.4, -0.2) is 27.3 Å². The first-order chi connectivity index (χ1) is 12.0. The van der Waals surface area contributed by atoms with Crippen LogP contribution >= 0.6 is 0 Å². The topological polar surface area (TPSA) is 83.5 Å². The lowest BCUT2D eigenvalue weighted by molar-refractivity contribution is -0.137. The van der Waals surface area contributed by atoms with E-state index < -0.39 is 17.1 Å². The highest BCUT2D eigenvalue weighted by atomic mass is 16.4. The summed E-state index contributed by atoms with van der Waals surface area (Å²) < 4.78 is 0. The molecule has 0 spiro atoms. The van der Waals surface area contributed by atoms with Crippen molar-refractivity contribution in [1.29, 1.82) is 0 Å². The SMILES string of the molecule is CC(C)(N)C(C)(C)O.CCCCCCCCCCCCCCCC(=O)O. The maximum absolute atomic E-state index is 10.3. The molecular formula is C22H47NO3. The number of carboxylic acids is 1. The third-order valence-corrected chi connectivity index (χ3v) is 5.07. The molecule has 0 aromatic heterocycles. The molecular weight excluding hydrogens is 326 g/mol. The lowest BCUT2D eigenvalue weighted by atomic mass is 9.87. The van der Waals surface area contributed by atoms with Crippen molar-refractivity contribution in [2.75, 3.05) is 0 Å². The number of aliphatic hydroxyl groups is 1. The number of unbranched alkanes of at least 4 members (excludes halogenated alkanes) is 12. The second-order valence-electron chi connectivity index (χ2n) is 8.67. The van der Waals surface area contributed by atoms with Gasteiger partial charge in [0.05, 0.1) is 5.60 Å². The predicted octanol–water partition coefficient (Wildman–Crippen LogP) is 6.05. The molecule has 4 nitrogen and oxygen atoms in total. The van der Waals surface area contributed by atoms with Crippen molar-refractivity contribution >= 4 is 5.97 Å². The van der Waals surface area contributed by atoms with Gasteiger partial charge in [-0.2, -0.15) is 0 Å². The van der Waals surface area contributed by atoms with Gasteiger partial charge in [0, 0.05) is 12.0 Å². The Hall–Kier alpha value is -0.610. The van der Waals surface area contributed by atoms with E-state index in [0.29, 0.717) is 6.42 Å². The Morgan fingerprint density at radius 1 is 0.731 bits per heavy atom. The Balaban J connectivity index is 0. The van der Waals surface area contributed by atoms with E-state index in [1.807, 2.05) is 0 Å². The van der Waals surface area contributed by atoms with Crippen LogP contribution in [0.2, 0.25) is 0 Å². The van der Waals surface area contributed by atoms with Crippen LogP contribution in [0.1, 0.15) is 125 Å². The fourth-order valence-corrected chi connectivity index (χ4v) is 2.29. The Morgan fingerprint density at radius 3 is 1.23 bits per heavy atom. The normalized spacial score (nSPS) is 11.8. The van der Waals surface area contributed by atoms with E-state index in [2.05, 4.69) is 6.92 Å². The standard InChI is InChI=1S/C16H32O2.C6H15NO/c1-2-3-4-5-6-7-8-9-10-11-12-13-14-15-16(17)18;1-5(2,7)6(3,4)8/h2-15H2,1H3,(H,17,18);8H,7H2,1-4H3. The summed E-state index contributed by atoms with van der Waals surface area (Å²) in [6.45, 7) is 9.26. The molecule has 0 aliphatic heterocycles. The molecule has 0 rings (SSSR count). The summed E-state index contributed by atoms with van der Waals surface area (Å²) in [5.41, 5.74) is 4.27. The van der Waals surface area contributed by atoms with Gasteiger partial charge in [-0.25, -0.2) is 0 Å². The van der Waals surface area contributed by atoms with E-state index in [9.17, 15) is 9.90 Å². The van der Waals surface area contributed by atoms with Gasteiger partial charge in [0.1, 0.15) is 0 Å². The molecule has 0 aliphatic rings. The summed E-state index contributed by atoms with van der Waals surface area (Å²) >= 11 is 0. The summed E-state index contributed by atoms with van der Waals surface area (Å²) in [7, 11) is 0. The predicted molar refractivity (Wildman–Crippen MR) is 113 cm³/mol. The highest BCUT2D eigenvalue weighted by Crippen LogP contribution is 2.16. The zero-order chi connectivity index (χ0) is 20.5. The summed E-state index contributed by atoms with van der Waals surface area (Å²) in [5, 5.41) is 17.7. The third-order valence-electron chi connectivity index (χ3n) is 5.07. The van der Waals surface area contributed by atoms with Crippen LogP contribution in [0.4, 0.5) is 0 Å². The van der Waals surface area contributed by atoms with Crippen molar-refractivity contribution in [3.63, 3.8) is 0 Å². The highest BCUT2D eigenvalue weighted by molar-refractivity contribution is 5.66. The van der Waals surface area contributed by atoms with Gasteiger partial charge in [0.25, 0.3) is 0 Å². The van der Waals surface area contributed by atoms with E-state index in [4.69, 9.17) is 10.8 Å². The molecule has 0 saturated heterocycles. The van der Waals surface area contributed by atoms with E-state index >= 15 is 0 Å². The quantitative estimate of drug-likeness (QED) is 0.305. The smallest absolute Gasteiger partial charge is 0.303 e. The van der Waals surface area contributed by atoms with Crippen molar-refractivity contribution in [3.05, 3.63) is 0 Å². The van der Waals surface area contributed by atoms with Crippen LogP contribution < -0.4 is 5.73 Å². The van der Waals surface area contributed by atoms with Crippen LogP contribution in [0.3, 0.4) is 0 Å². The van der Waals surface area contributed by atoms with Gasteiger partial charge in [-0.05, 0) is 34.1 Å². The summed E-state index contributed by atoms with van der Waals surface area (Å²) in [4.78, 5) is 10.3. The second-order valence-corrected chi connectivity index (χ2v) is 8.67. The van der Waals surface area contributed by atoms with E-state index in [0.717, 1.165) is 12.8 Å². The first kappa shape index (κ1) is 27.6. The fraction of sp³-hybridized carbons (Fsp3) is 0.955. The van der Waals surface area contributed by atoms with E-state index in [-0.39, 0.29) is 0 Å². The summed E-state index contributed by atoms with van der Waals surface area (Å²) in [5.74, 6) is -0.655. The maximum atomic E-state index is 10.3. The van der Waals surface area contributed by atoms with Crippen LogP contribution in [-0.2, 0) is 4.79 Å². The summed E-state index contributed by atoms with van der Waals surface area (Å²) in [6, 6.07) is 0. The van der Waals surface area contributed by atoms with Crippen LogP contribution in [0.5, 0.6) is 0 Å². The molecule has 0 aliphatic carbocycles. The van der Waals surface area contributed by atoms with Gasteiger partial charge in [-0.3, -0.25) is 4.79 Å². The molecule has 0 radical (unpaired) electrons. The third kappa shape index (κ3) is 21.4. The number of carbonyl (C=O) groups is 1. The molecule has 4 N–H and O–H groups in total. The van der Waals surface area contributed by atoms with Crippen LogP contribution in [0.15, 0.2) is 0 Å². The Labute approximate surface area is 162 Å². The van der Waals surface area contributed by atoms with Gasteiger partial charge in [-0.1, -0.05) is 84.0 Å². The van der Waals surface area contributed by atoms with Gasteiger partial charge < -0.3 is 15.9 Å². The lowest BCUT2D eigenvalue weighted by Gasteiger charge is -2.32. The van der Waals surface area contributed by atoms with E-state index in [1.54, 1.807) is 27.7 Å². The molecule has 0 unspecified atom stereocenters. The van der Waals surface area contributed by atoms with Gasteiger partial charge >= 0.3 is 5.97 Å². The first-order valence-electron chi connectivity index (χ1n) is 10.8. The summed E-state index contributed by atoms with van der Waals surface area (Å²) in [6.07, 6.45) is 17.3. The number of carboxylic acid groups (broad SMARTS) is 1. The van der Waals surface area contributed by atoms with Gasteiger partial charge in [0.2, 0.25) is 0 Å². The fourth-order valence-electron chi connectivity index (χ4n) is 2.29.